The van der Waals surface area contributed by atoms with Crippen molar-refractivity contribution in [3.8, 4) is 0 Å². The largest absolute Gasteiger partial charge is 0.426 e. The SMILES string of the molecule is Cc1ccc(N[B]C=O)cc1. The van der Waals surface area contributed by atoms with Crippen LogP contribution in [-0.2, 0) is 4.79 Å². The standard InChI is InChI=1S/C8H9BNO/c1-7-2-4-8(5-3-7)10-9-6-11/h2-6,10H,1H3. The van der Waals surface area contributed by atoms with Crippen LogP contribution in [-0.4, -0.2) is 13.6 Å². The van der Waals surface area contributed by atoms with Gasteiger partial charge in [0.1, 0.15) is 6.19 Å². The summed E-state index contributed by atoms with van der Waals surface area (Å²) in [5.41, 5.74) is 2.14. The van der Waals surface area contributed by atoms with Gasteiger partial charge in [-0.3, -0.25) is 0 Å². The van der Waals surface area contributed by atoms with Gasteiger partial charge in [-0.25, -0.2) is 0 Å². The van der Waals surface area contributed by atoms with Crippen LogP contribution in [0.4, 0.5) is 5.69 Å². The number of hydrogen-bond acceptors (Lipinski definition) is 2. The highest BCUT2D eigenvalue weighted by Crippen LogP contribution is 2.06. The highest BCUT2D eigenvalue weighted by molar-refractivity contribution is 6.69. The van der Waals surface area contributed by atoms with Gasteiger partial charge in [-0.1, -0.05) is 17.7 Å². The Kier molecular flexibility index (Phi) is 2.72. The van der Waals surface area contributed by atoms with E-state index in [0.717, 1.165) is 11.9 Å². The van der Waals surface area contributed by atoms with Crippen LogP contribution in [0.25, 0.3) is 0 Å². The zero-order valence-electron chi connectivity index (χ0n) is 6.37. The maximum atomic E-state index is 9.93. The molecule has 1 radical (unpaired) electrons. The van der Waals surface area contributed by atoms with E-state index < -0.39 is 0 Å². The molecule has 0 aromatic heterocycles. The summed E-state index contributed by atoms with van der Waals surface area (Å²) in [5.74, 6) is 0. The van der Waals surface area contributed by atoms with Crippen LogP contribution < -0.4 is 5.23 Å². The Morgan fingerprint density at radius 3 is 2.55 bits per heavy atom. The van der Waals surface area contributed by atoms with Crippen molar-refractivity contribution >= 4 is 19.3 Å². The van der Waals surface area contributed by atoms with Gasteiger partial charge in [0.2, 0.25) is 0 Å². The van der Waals surface area contributed by atoms with E-state index >= 15 is 0 Å². The lowest BCUT2D eigenvalue weighted by Crippen LogP contribution is -2.06. The number of carbonyl (C=O) groups excluding carboxylic acids is 1. The first-order valence-corrected chi connectivity index (χ1v) is 3.43. The molecule has 1 N–H and O–H groups in total. The normalized spacial score (nSPS) is 8.82. The van der Waals surface area contributed by atoms with Crippen LogP contribution in [0.1, 0.15) is 5.56 Å². The Morgan fingerprint density at radius 1 is 1.36 bits per heavy atom. The van der Waals surface area contributed by atoms with Crippen molar-refractivity contribution in [3.05, 3.63) is 29.8 Å². The number of anilines is 1. The molecule has 0 heterocycles. The number of carbonyl (C=O) groups is 1. The number of benzene rings is 1. The average Bonchev–Trinajstić information content (AvgIpc) is 2.04. The summed E-state index contributed by atoms with van der Waals surface area (Å²) in [4.78, 5) is 9.93. The molecule has 0 amide bonds. The second kappa shape index (κ2) is 3.81. The molecule has 2 nitrogen and oxygen atoms in total. The lowest BCUT2D eigenvalue weighted by molar-refractivity contribution is 0.568. The fourth-order valence-corrected chi connectivity index (χ4v) is 0.780. The van der Waals surface area contributed by atoms with Gasteiger partial charge in [0.15, 0.2) is 0 Å². The van der Waals surface area contributed by atoms with E-state index in [2.05, 4.69) is 5.23 Å². The Labute approximate surface area is 66.9 Å². The van der Waals surface area contributed by atoms with E-state index in [1.165, 1.54) is 13.0 Å². The molecule has 1 aromatic carbocycles. The molecule has 0 saturated heterocycles. The van der Waals surface area contributed by atoms with Gasteiger partial charge in [0.25, 0.3) is 0 Å². The third-order valence-electron chi connectivity index (χ3n) is 1.37. The Hall–Kier alpha value is -1.25. The van der Waals surface area contributed by atoms with Gasteiger partial charge in [0.05, 0.1) is 0 Å². The minimum atomic E-state index is 0.722. The topological polar surface area (TPSA) is 29.1 Å². The molecule has 0 saturated carbocycles. The number of nitrogens with one attached hydrogen (secondary N) is 1. The van der Waals surface area contributed by atoms with Crippen LogP contribution in [0, 0.1) is 6.92 Å². The van der Waals surface area contributed by atoms with Crippen LogP contribution in [0.2, 0.25) is 0 Å². The van der Waals surface area contributed by atoms with Crippen molar-refractivity contribution in [2.75, 3.05) is 5.23 Å². The molecule has 0 aliphatic rings. The molecule has 0 atom stereocenters. The Balaban J connectivity index is 2.58. The van der Waals surface area contributed by atoms with Gasteiger partial charge in [-0.2, -0.15) is 0 Å². The number of aryl methyl sites for hydroxylation is 1. The van der Waals surface area contributed by atoms with Crippen LogP contribution in [0.5, 0.6) is 0 Å². The maximum Gasteiger partial charge on any atom is 0.326 e. The summed E-state index contributed by atoms with van der Waals surface area (Å²) < 4.78 is 0. The van der Waals surface area contributed by atoms with Crippen molar-refractivity contribution in [1.29, 1.82) is 0 Å². The van der Waals surface area contributed by atoms with Crippen molar-refractivity contribution < 1.29 is 4.79 Å². The van der Waals surface area contributed by atoms with E-state index in [1.54, 1.807) is 0 Å². The van der Waals surface area contributed by atoms with E-state index in [1.807, 2.05) is 31.2 Å². The van der Waals surface area contributed by atoms with Crippen molar-refractivity contribution in [2.45, 2.75) is 6.92 Å². The molecule has 0 fully saturated rings. The lowest BCUT2D eigenvalue weighted by atomic mass is 9.98. The lowest BCUT2D eigenvalue weighted by Gasteiger charge is -2.00. The minimum absolute atomic E-state index is 0.722. The zero-order valence-corrected chi connectivity index (χ0v) is 6.37. The van der Waals surface area contributed by atoms with Crippen LogP contribution in [0.3, 0.4) is 0 Å². The van der Waals surface area contributed by atoms with Crippen LogP contribution >= 0.6 is 0 Å². The third-order valence-corrected chi connectivity index (χ3v) is 1.37. The summed E-state index contributed by atoms with van der Waals surface area (Å²) >= 11 is 0. The number of hydrogen-bond donors (Lipinski definition) is 1. The van der Waals surface area contributed by atoms with Crippen molar-refractivity contribution in [3.63, 3.8) is 0 Å². The van der Waals surface area contributed by atoms with E-state index in [4.69, 9.17) is 0 Å². The summed E-state index contributed by atoms with van der Waals surface area (Å²) in [5, 5.41) is 2.83. The fraction of sp³-hybridized carbons (Fsp3) is 0.125. The zero-order chi connectivity index (χ0) is 8.10. The molecule has 0 aliphatic carbocycles. The first-order chi connectivity index (χ1) is 5.33. The van der Waals surface area contributed by atoms with Gasteiger partial charge in [-0.15, -0.1) is 0 Å². The second-order valence-corrected chi connectivity index (χ2v) is 2.31. The first kappa shape index (κ1) is 7.86. The molecule has 1 rings (SSSR count). The Morgan fingerprint density at radius 2 is 2.00 bits per heavy atom. The molecule has 0 aliphatic heterocycles. The molecule has 55 valence electrons. The maximum absolute atomic E-state index is 9.93. The van der Waals surface area contributed by atoms with E-state index in [0.29, 0.717) is 0 Å². The summed E-state index contributed by atoms with van der Waals surface area (Å²) in [7, 11) is 1.37. The molecule has 0 unspecified atom stereocenters. The van der Waals surface area contributed by atoms with Gasteiger partial charge in [0, 0.05) is 5.69 Å². The fourth-order valence-electron chi connectivity index (χ4n) is 0.780. The summed E-state index contributed by atoms with van der Waals surface area (Å²) in [6.07, 6.45) is 0.722. The average molecular weight is 146 g/mol. The van der Waals surface area contributed by atoms with E-state index in [-0.39, 0.29) is 0 Å². The molecular formula is C8H9BNO. The summed E-state index contributed by atoms with van der Waals surface area (Å²) in [6, 6.07) is 7.83. The molecule has 1 aromatic rings. The van der Waals surface area contributed by atoms with Gasteiger partial charge in [-0.05, 0) is 19.1 Å². The Bertz CT molecular complexity index is 232. The third kappa shape index (κ3) is 2.46. The molecular weight excluding hydrogens is 137 g/mol. The highest BCUT2D eigenvalue weighted by atomic mass is 16.1. The van der Waals surface area contributed by atoms with E-state index in [9.17, 15) is 4.79 Å². The predicted octanol–water partition coefficient (Wildman–Crippen LogP) is 1.22. The van der Waals surface area contributed by atoms with Crippen LogP contribution in [0.15, 0.2) is 24.3 Å². The molecule has 11 heavy (non-hydrogen) atoms. The quantitative estimate of drug-likeness (QED) is 0.512. The van der Waals surface area contributed by atoms with Crippen molar-refractivity contribution in [1.82, 2.24) is 0 Å². The first-order valence-electron chi connectivity index (χ1n) is 3.43. The molecule has 0 bridgehead atoms. The predicted molar refractivity (Wildman–Crippen MR) is 47.3 cm³/mol. The minimum Gasteiger partial charge on any atom is -0.426 e. The number of rotatable bonds is 3. The second-order valence-electron chi connectivity index (χ2n) is 2.31. The highest BCUT2D eigenvalue weighted by Gasteiger charge is 1.89. The summed E-state index contributed by atoms with van der Waals surface area (Å²) in [6.45, 7) is 2.02. The van der Waals surface area contributed by atoms with Gasteiger partial charge >= 0.3 is 7.41 Å². The molecule has 0 spiro atoms. The monoisotopic (exact) mass is 146 g/mol. The smallest absolute Gasteiger partial charge is 0.326 e. The molecule has 3 heteroatoms. The van der Waals surface area contributed by atoms with Gasteiger partial charge < -0.3 is 10.0 Å². The van der Waals surface area contributed by atoms with Crippen molar-refractivity contribution in [2.24, 2.45) is 0 Å².